The fourth-order valence-corrected chi connectivity index (χ4v) is 2.96. The molecule has 2 heterocycles. The van der Waals surface area contributed by atoms with E-state index in [9.17, 15) is 18.8 Å². The van der Waals surface area contributed by atoms with Crippen molar-refractivity contribution < 1.29 is 9.18 Å². The number of rotatable bonds is 5. The van der Waals surface area contributed by atoms with E-state index in [1.165, 1.54) is 37.1 Å². The van der Waals surface area contributed by atoms with Crippen molar-refractivity contribution in [1.82, 2.24) is 18.7 Å². The molecule has 0 spiro atoms. The highest BCUT2D eigenvalue weighted by Crippen LogP contribution is 2.22. The molecular formula is C17H17ClFN5O3. The number of hydrogen-bond acceptors (Lipinski definition) is 4. The van der Waals surface area contributed by atoms with Crippen molar-refractivity contribution in [3.8, 4) is 0 Å². The maximum atomic E-state index is 13.8. The van der Waals surface area contributed by atoms with Gasteiger partial charge in [-0.05, 0) is 18.6 Å². The van der Waals surface area contributed by atoms with Gasteiger partial charge in [-0.1, -0.05) is 17.7 Å². The van der Waals surface area contributed by atoms with Crippen LogP contribution in [-0.2, 0) is 25.4 Å². The van der Waals surface area contributed by atoms with Gasteiger partial charge in [-0.25, -0.2) is 14.2 Å². The quantitative estimate of drug-likeness (QED) is 0.713. The van der Waals surface area contributed by atoms with Gasteiger partial charge in [0.2, 0.25) is 5.91 Å². The third-order valence-electron chi connectivity index (χ3n) is 4.25. The SMILES string of the molecule is Cn1c(=O)c2c(ncn2CCCC(=O)Nc2cccc(Cl)c2F)n(C)c1=O. The van der Waals surface area contributed by atoms with Crippen molar-refractivity contribution in [3.63, 3.8) is 0 Å². The Kier molecular flexibility index (Phi) is 5.13. The summed E-state index contributed by atoms with van der Waals surface area (Å²) in [4.78, 5) is 40.4. The number of imidazole rings is 1. The summed E-state index contributed by atoms with van der Waals surface area (Å²) in [5, 5.41) is 2.40. The molecule has 0 fully saturated rings. The maximum absolute atomic E-state index is 13.8. The number of aromatic nitrogens is 4. The number of anilines is 1. The van der Waals surface area contributed by atoms with Gasteiger partial charge in [0.1, 0.15) is 0 Å². The van der Waals surface area contributed by atoms with Crippen LogP contribution in [-0.4, -0.2) is 24.6 Å². The summed E-state index contributed by atoms with van der Waals surface area (Å²) in [5.74, 6) is -1.06. The number of fused-ring (bicyclic) bond motifs is 1. The van der Waals surface area contributed by atoms with Crippen LogP contribution in [0.2, 0.25) is 5.02 Å². The van der Waals surface area contributed by atoms with Crippen molar-refractivity contribution in [2.24, 2.45) is 14.1 Å². The Morgan fingerprint density at radius 1 is 1.26 bits per heavy atom. The second-order valence-electron chi connectivity index (χ2n) is 6.07. The summed E-state index contributed by atoms with van der Waals surface area (Å²) in [6.45, 7) is 0.343. The number of aryl methyl sites for hydroxylation is 2. The standard InChI is InChI=1S/C17H17ClFN5O3/c1-22-15-14(16(26)23(2)17(22)27)24(9-20-15)8-4-7-12(25)21-11-6-3-5-10(18)13(11)19/h3,5-6,9H,4,7-8H2,1-2H3,(H,21,25). The van der Waals surface area contributed by atoms with E-state index in [1.807, 2.05) is 0 Å². The van der Waals surface area contributed by atoms with Gasteiger partial charge in [0, 0.05) is 27.1 Å². The molecule has 0 unspecified atom stereocenters. The van der Waals surface area contributed by atoms with Crippen LogP contribution in [0.3, 0.4) is 0 Å². The molecular weight excluding hydrogens is 377 g/mol. The zero-order valence-electron chi connectivity index (χ0n) is 14.7. The second kappa shape index (κ2) is 7.36. The molecule has 0 aliphatic heterocycles. The molecule has 0 aliphatic rings. The summed E-state index contributed by atoms with van der Waals surface area (Å²) in [6.07, 6.45) is 1.96. The average Bonchev–Trinajstić information content (AvgIpc) is 3.06. The Balaban J connectivity index is 1.71. The predicted molar refractivity (Wildman–Crippen MR) is 99.5 cm³/mol. The average molecular weight is 394 g/mol. The van der Waals surface area contributed by atoms with Gasteiger partial charge in [-0.2, -0.15) is 0 Å². The van der Waals surface area contributed by atoms with Crippen molar-refractivity contribution >= 4 is 34.4 Å². The Morgan fingerprint density at radius 3 is 2.74 bits per heavy atom. The molecule has 1 N–H and O–H groups in total. The molecule has 0 aliphatic carbocycles. The molecule has 27 heavy (non-hydrogen) atoms. The van der Waals surface area contributed by atoms with Crippen LogP contribution >= 0.6 is 11.6 Å². The number of amides is 1. The molecule has 1 aromatic carbocycles. The number of hydrogen-bond donors (Lipinski definition) is 1. The van der Waals surface area contributed by atoms with Gasteiger partial charge in [0.05, 0.1) is 17.0 Å². The lowest BCUT2D eigenvalue weighted by atomic mass is 10.2. The molecule has 1 amide bonds. The van der Waals surface area contributed by atoms with Crippen LogP contribution in [0.25, 0.3) is 11.2 Å². The van der Waals surface area contributed by atoms with E-state index in [0.717, 1.165) is 4.57 Å². The van der Waals surface area contributed by atoms with E-state index >= 15 is 0 Å². The molecule has 3 rings (SSSR count). The molecule has 8 nitrogen and oxygen atoms in total. The van der Waals surface area contributed by atoms with Gasteiger partial charge in [-0.3, -0.25) is 18.7 Å². The predicted octanol–water partition coefficient (Wildman–Crippen LogP) is 1.65. The molecule has 0 atom stereocenters. The highest BCUT2D eigenvalue weighted by molar-refractivity contribution is 6.31. The molecule has 0 saturated carbocycles. The van der Waals surface area contributed by atoms with Crippen LogP contribution in [0.5, 0.6) is 0 Å². The number of carbonyl (C=O) groups is 1. The van der Waals surface area contributed by atoms with Crippen molar-refractivity contribution in [3.05, 3.63) is 56.2 Å². The summed E-state index contributed by atoms with van der Waals surface area (Å²) in [6, 6.07) is 4.36. The zero-order valence-corrected chi connectivity index (χ0v) is 15.5. The Bertz CT molecular complexity index is 1150. The van der Waals surface area contributed by atoms with Crippen molar-refractivity contribution in [2.45, 2.75) is 19.4 Å². The molecule has 142 valence electrons. The van der Waals surface area contributed by atoms with E-state index in [-0.39, 0.29) is 28.7 Å². The fraction of sp³-hybridized carbons (Fsp3) is 0.294. The lowest BCUT2D eigenvalue weighted by Gasteiger charge is -2.08. The van der Waals surface area contributed by atoms with E-state index in [0.29, 0.717) is 18.5 Å². The zero-order chi connectivity index (χ0) is 19.7. The van der Waals surface area contributed by atoms with Crippen LogP contribution in [0.15, 0.2) is 34.1 Å². The Morgan fingerprint density at radius 2 is 2.00 bits per heavy atom. The minimum atomic E-state index is -0.683. The van der Waals surface area contributed by atoms with E-state index < -0.39 is 17.1 Å². The summed E-state index contributed by atoms with van der Waals surface area (Å²) in [7, 11) is 2.93. The third-order valence-corrected chi connectivity index (χ3v) is 4.54. The first-order chi connectivity index (χ1) is 12.8. The molecule has 3 aromatic rings. The largest absolute Gasteiger partial charge is 0.332 e. The highest BCUT2D eigenvalue weighted by atomic mass is 35.5. The molecule has 2 aromatic heterocycles. The third kappa shape index (κ3) is 3.50. The number of halogens is 2. The number of carbonyl (C=O) groups excluding carboxylic acids is 1. The lowest BCUT2D eigenvalue weighted by molar-refractivity contribution is -0.116. The first-order valence-corrected chi connectivity index (χ1v) is 8.53. The lowest BCUT2D eigenvalue weighted by Crippen LogP contribution is -2.37. The Hall–Kier alpha value is -2.94. The van der Waals surface area contributed by atoms with E-state index in [2.05, 4.69) is 10.3 Å². The van der Waals surface area contributed by atoms with Gasteiger partial charge >= 0.3 is 5.69 Å². The van der Waals surface area contributed by atoms with Crippen molar-refractivity contribution in [1.29, 1.82) is 0 Å². The van der Waals surface area contributed by atoms with Gasteiger partial charge in [-0.15, -0.1) is 0 Å². The van der Waals surface area contributed by atoms with Crippen molar-refractivity contribution in [2.75, 3.05) is 5.32 Å². The van der Waals surface area contributed by atoms with Gasteiger partial charge < -0.3 is 9.88 Å². The number of benzene rings is 1. The van der Waals surface area contributed by atoms with E-state index in [4.69, 9.17) is 11.6 Å². The topological polar surface area (TPSA) is 90.9 Å². The smallest absolute Gasteiger partial charge is 0.325 e. The molecule has 0 bridgehead atoms. The van der Waals surface area contributed by atoms with Crippen LogP contribution in [0.4, 0.5) is 10.1 Å². The molecule has 0 saturated heterocycles. The van der Waals surface area contributed by atoms with Gasteiger partial charge in [0.25, 0.3) is 5.56 Å². The van der Waals surface area contributed by atoms with Crippen LogP contribution in [0.1, 0.15) is 12.8 Å². The minimum absolute atomic E-state index is 0.0180. The summed E-state index contributed by atoms with van der Waals surface area (Å²) in [5.41, 5.74) is -0.310. The first kappa shape index (κ1) is 18.8. The summed E-state index contributed by atoms with van der Waals surface area (Å²) < 4.78 is 17.7. The molecule has 0 radical (unpaired) electrons. The number of nitrogens with one attached hydrogen (secondary N) is 1. The fourth-order valence-electron chi connectivity index (χ4n) is 2.79. The van der Waals surface area contributed by atoms with E-state index in [1.54, 1.807) is 10.6 Å². The summed E-state index contributed by atoms with van der Waals surface area (Å²) >= 11 is 5.68. The highest BCUT2D eigenvalue weighted by Gasteiger charge is 2.15. The number of nitrogens with zero attached hydrogens (tertiary/aromatic N) is 4. The van der Waals surface area contributed by atoms with Crippen LogP contribution < -0.4 is 16.6 Å². The van der Waals surface area contributed by atoms with Crippen LogP contribution in [0, 0.1) is 5.82 Å². The minimum Gasteiger partial charge on any atom is -0.325 e. The first-order valence-electron chi connectivity index (χ1n) is 8.16. The molecule has 10 heteroatoms. The Labute approximate surface area is 157 Å². The second-order valence-corrected chi connectivity index (χ2v) is 6.48. The maximum Gasteiger partial charge on any atom is 0.332 e. The van der Waals surface area contributed by atoms with Gasteiger partial charge in [0.15, 0.2) is 17.0 Å². The monoisotopic (exact) mass is 393 g/mol. The normalized spacial score (nSPS) is 11.1.